The van der Waals surface area contributed by atoms with Gasteiger partial charge in [0.05, 0.1) is 0 Å². The van der Waals surface area contributed by atoms with Gasteiger partial charge in [-0.15, -0.1) is 0 Å². The third-order valence-electron chi connectivity index (χ3n) is 4.78. The molecule has 1 fully saturated rings. The molecule has 2 aromatic heterocycles. The van der Waals surface area contributed by atoms with Crippen molar-refractivity contribution in [1.29, 1.82) is 0 Å². The molecule has 1 N–H and O–H groups in total. The zero-order valence-corrected chi connectivity index (χ0v) is 14.4. The Morgan fingerprint density at radius 1 is 1.32 bits per heavy atom. The highest BCUT2D eigenvalue weighted by Gasteiger charge is 2.30. The second-order valence-electron chi connectivity index (χ2n) is 6.62. The molecule has 0 saturated carbocycles. The van der Waals surface area contributed by atoms with Crippen molar-refractivity contribution in [2.75, 3.05) is 26.7 Å². The van der Waals surface area contributed by atoms with Crippen LogP contribution >= 0.6 is 0 Å². The summed E-state index contributed by atoms with van der Waals surface area (Å²) in [6, 6.07) is 9.88. The second kappa shape index (κ2) is 6.42. The van der Waals surface area contributed by atoms with Crippen LogP contribution in [0.2, 0.25) is 0 Å². The molecule has 0 radical (unpaired) electrons. The van der Waals surface area contributed by atoms with Crippen LogP contribution in [0.1, 0.15) is 23.3 Å². The monoisotopic (exact) mass is 339 g/mol. The smallest absolute Gasteiger partial charge is 0.252 e. The van der Waals surface area contributed by atoms with Gasteiger partial charge in [0.1, 0.15) is 6.04 Å². The third-order valence-corrected chi connectivity index (χ3v) is 4.78. The lowest BCUT2D eigenvalue weighted by atomic mass is 10.1. The molecule has 3 aromatic rings. The fourth-order valence-corrected chi connectivity index (χ4v) is 3.34. The van der Waals surface area contributed by atoms with Crippen molar-refractivity contribution in [2.45, 2.75) is 19.5 Å². The summed E-state index contributed by atoms with van der Waals surface area (Å²) in [6.45, 7) is 4.97. The predicted molar refractivity (Wildman–Crippen MR) is 94.3 cm³/mol. The second-order valence-corrected chi connectivity index (χ2v) is 6.62. The van der Waals surface area contributed by atoms with E-state index in [4.69, 9.17) is 4.52 Å². The van der Waals surface area contributed by atoms with E-state index in [2.05, 4.69) is 32.0 Å². The Morgan fingerprint density at radius 3 is 2.96 bits per heavy atom. The average Bonchev–Trinajstić information content (AvgIpc) is 3.03. The summed E-state index contributed by atoms with van der Waals surface area (Å²) in [7, 11) is 2.06. The molecule has 3 heterocycles. The summed E-state index contributed by atoms with van der Waals surface area (Å²) < 4.78 is 5.36. The van der Waals surface area contributed by atoms with Crippen molar-refractivity contribution in [3.63, 3.8) is 0 Å². The van der Waals surface area contributed by atoms with Crippen LogP contribution in [-0.2, 0) is 6.54 Å². The van der Waals surface area contributed by atoms with E-state index < -0.39 is 0 Å². The van der Waals surface area contributed by atoms with Crippen LogP contribution in [0, 0.1) is 6.92 Å². The van der Waals surface area contributed by atoms with E-state index >= 15 is 0 Å². The fourth-order valence-electron chi connectivity index (χ4n) is 3.34. The minimum atomic E-state index is -0.0252. The number of hydrogen-bond donors (Lipinski definition) is 1. The maximum absolute atomic E-state index is 12.4. The molecule has 130 valence electrons. The van der Waals surface area contributed by atoms with E-state index in [0.717, 1.165) is 36.1 Å². The van der Waals surface area contributed by atoms with E-state index in [1.807, 2.05) is 37.3 Å². The van der Waals surface area contributed by atoms with Gasteiger partial charge in [0.2, 0.25) is 5.89 Å². The Morgan fingerprint density at radius 2 is 2.16 bits per heavy atom. The Balaban J connectivity index is 1.56. The Kier molecular flexibility index (Phi) is 4.10. The Hall–Kier alpha value is -2.51. The molecule has 1 atom stereocenters. The standard InChI is InChI=1S/C18H21N5O2/c1-12-19-18(25-21-12)16-11-23(8-7-22(16)2)10-14-9-13-5-3-4-6-15(13)20-17(14)24/h3-6,9,16H,7-8,10-11H2,1-2H3,(H,20,24)/t16-/m1/s1. The van der Waals surface area contributed by atoms with Gasteiger partial charge in [0.15, 0.2) is 5.82 Å². The van der Waals surface area contributed by atoms with Crippen molar-refractivity contribution < 1.29 is 4.52 Å². The SMILES string of the molecule is Cc1noc([C@H]2CN(Cc3cc4ccccc4[nH]c3=O)CCN2C)n1. The number of aryl methyl sites for hydroxylation is 1. The zero-order valence-electron chi connectivity index (χ0n) is 14.4. The van der Waals surface area contributed by atoms with Crippen molar-refractivity contribution in [2.24, 2.45) is 0 Å². The minimum absolute atomic E-state index is 0.0252. The van der Waals surface area contributed by atoms with Gasteiger partial charge >= 0.3 is 0 Å². The van der Waals surface area contributed by atoms with E-state index in [9.17, 15) is 4.79 Å². The topological polar surface area (TPSA) is 78.3 Å². The summed E-state index contributed by atoms with van der Waals surface area (Å²) in [5.74, 6) is 1.28. The molecular formula is C18H21N5O2. The quantitative estimate of drug-likeness (QED) is 0.783. The molecule has 1 saturated heterocycles. The molecule has 1 aliphatic heterocycles. The summed E-state index contributed by atoms with van der Waals surface area (Å²) in [5.41, 5.74) is 1.63. The molecule has 0 unspecified atom stereocenters. The van der Waals surface area contributed by atoms with E-state index in [1.54, 1.807) is 0 Å². The maximum atomic E-state index is 12.4. The first-order chi connectivity index (χ1) is 12.1. The number of para-hydroxylation sites is 1. The highest BCUT2D eigenvalue weighted by molar-refractivity contribution is 5.78. The number of rotatable bonds is 3. The fraction of sp³-hybridized carbons (Fsp3) is 0.389. The van der Waals surface area contributed by atoms with Crippen LogP contribution in [0.15, 0.2) is 39.6 Å². The summed E-state index contributed by atoms with van der Waals surface area (Å²) in [6.07, 6.45) is 0. The number of aromatic nitrogens is 3. The molecular weight excluding hydrogens is 318 g/mol. The summed E-state index contributed by atoms with van der Waals surface area (Å²) in [4.78, 5) is 24.2. The number of pyridine rings is 1. The zero-order chi connectivity index (χ0) is 17.4. The van der Waals surface area contributed by atoms with Crippen molar-refractivity contribution in [3.8, 4) is 0 Å². The number of nitrogens with one attached hydrogen (secondary N) is 1. The maximum Gasteiger partial charge on any atom is 0.252 e. The molecule has 0 bridgehead atoms. The normalized spacial score (nSPS) is 19.5. The number of nitrogens with zero attached hydrogens (tertiary/aromatic N) is 4. The first kappa shape index (κ1) is 16.0. The van der Waals surface area contributed by atoms with Crippen LogP contribution < -0.4 is 5.56 Å². The molecule has 0 spiro atoms. The first-order valence-corrected chi connectivity index (χ1v) is 8.44. The number of benzene rings is 1. The number of fused-ring (bicyclic) bond motifs is 1. The molecule has 4 rings (SSSR count). The van der Waals surface area contributed by atoms with Crippen LogP contribution in [0.25, 0.3) is 10.9 Å². The van der Waals surface area contributed by atoms with Crippen LogP contribution in [0.3, 0.4) is 0 Å². The molecule has 25 heavy (non-hydrogen) atoms. The van der Waals surface area contributed by atoms with Crippen molar-refractivity contribution in [3.05, 3.63) is 58.0 Å². The average molecular weight is 339 g/mol. The van der Waals surface area contributed by atoms with E-state index in [1.165, 1.54) is 0 Å². The van der Waals surface area contributed by atoms with Gasteiger partial charge in [0, 0.05) is 37.3 Å². The van der Waals surface area contributed by atoms with Gasteiger partial charge in [0.25, 0.3) is 5.56 Å². The summed E-state index contributed by atoms with van der Waals surface area (Å²) >= 11 is 0. The van der Waals surface area contributed by atoms with Crippen LogP contribution in [-0.4, -0.2) is 51.6 Å². The van der Waals surface area contributed by atoms with Crippen LogP contribution in [0.4, 0.5) is 0 Å². The molecule has 1 aromatic carbocycles. The number of likely N-dealkylation sites (N-methyl/N-ethyl adjacent to an activating group) is 1. The van der Waals surface area contributed by atoms with Gasteiger partial charge < -0.3 is 9.51 Å². The number of aromatic amines is 1. The van der Waals surface area contributed by atoms with Crippen molar-refractivity contribution >= 4 is 10.9 Å². The van der Waals surface area contributed by atoms with Gasteiger partial charge in [-0.05, 0) is 31.5 Å². The predicted octanol–water partition coefficient (Wildman–Crippen LogP) is 1.71. The van der Waals surface area contributed by atoms with Gasteiger partial charge in [-0.3, -0.25) is 14.6 Å². The van der Waals surface area contributed by atoms with Gasteiger partial charge in [-0.1, -0.05) is 23.4 Å². The van der Waals surface area contributed by atoms with Crippen molar-refractivity contribution in [1.82, 2.24) is 24.9 Å². The minimum Gasteiger partial charge on any atom is -0.338 e. The lowest BCUT2D eigenvalue weighted by molar-refractivity contribution is 0.0712. The number of hydrogen-bond acceptors (Lipinski definition) is 6. The molecule has 1 aliphatic rings. The largest absolute Gasteiger partial charge is 0.338 e. The van der Waals surface area contributed by atoms with Crippen LogP contribution in [0.5, 0.6) is 0 Å². The van der Waals surface area contributed by atoms with E-state index in [-0.39, 0.29) is 11.6 Å². The van der Waals surface area contributed by atoms with Gasteiger partial charge in [-0.2, -0.15) is 4.98 Å². The third kappa shape index (κ3) is 3.20. The lowest BCUT2D eigenvalue weighted by Gasteiger charge is -2.37. The summed E-state index contributed by atoms with van der Waals surface area (Å²) in [5, 5.41) is 4.95. The number of H-pyrrole nitrogens is 1. The van der Waals surface area contributed by atoms with Gasteiger partial charge in [-0.25, -0.2) is 0 Å². The Bertz CT molecular complexity index is 948. The molecule has 7 nitrogen and oxygen atoms in total. The molecule has 0 amide bonds. The Labute approximate surface area is 145 Å². The van der Waals surface area contributed by atoms with E-state index in [0.29, 0.717) is 18.3 Å². The highest BCUT2D eigenvalue weighted by Crippen LogP contribution is 2.23. The molecule has 7 heteroatoms. The lowest BCUT2D eigenvalue weighted by Crippen LogP contribution is -2.46. The molecule has 0 aliphatic carbocycles. The highest BCUT2D eigenvalue weighted by atomic mass is 16.5. The number of piperazine rings is 1. The first-order valence-electron chi connectivity index (χ1n) is 8.44.